The first-order valence-electron chi connectivity index (χ1n) is 9.07. The SMILES string of the molecule is Cc1ccc(SCC(=O)OCC(=O)c2ccc(-c3ccccc3)cc2)cc1C. The summed E-state index contributed by atoms with van der Waals surface area (Å²) in [5.41, 5.74) is 5.08. The van der Waals surface area contributed by atoms with Gasteiger partial charge < -0.3 is 4.74 Å². The molecule has 0 unspecified atom stereocenters. The normalized spacial score (nSPS) is 10.5. The molecule has 0 saturated carbocycles. The minimum atomic E-state index is -0.391. The Hall–Kier alpha value is -2.85. The van der Waals surface area contributed by atoms with E-state index in [1.807, 2.05) is 67.6 Å². The molecule has 3 aromatic rings. The second-order valence-electron chi connectivity index (χ2n) is 6.56. The Morgan fingerprint density at radius 3 is 2.18 bits per heavy atom. The van der Waals surface area contributed by atoms with Gasteiger partial charge in [0.15, 0.2) is 12.4 Å². The summed E-state index contributed by atoms with van der Waals surface area (Å²) in [5, 5.41) is 0. The molecule has 0 aliphatic heterocycles. The lowest BCUT2D eigenvalue weighted by atomic mass is 10.0. The summed E-state index contributed by atoms with van der Waals surface area (Å²) in [7, 11) is 0. The maximum Gasteiger partial charge on any atom is 0.316 e. The van der Waals surface area contributed by atoms with Crippen molar-refractivity contribution in [2.45, 2.75) is 18.7 Å². The lowest BCUT2D eigenvalue weighted by molar-refractivity contribution is -0.139. The van der Waals surface area contributed by atoms with Gasteiger partial charge in [0.05, 0.1) is 5.75 Å². The lowest BCUT2D eigenvalue weighted by Crippen LogP contribution is -2.15. The number of rotatable bonds is 7. The average Bonchev–Trinajstić information content (AvgIpc) is 2.73. The number of hydrogen-bond acceptors (Lipinski definition) is 4. The van der Waals surface area contributed by atoms with Gasteiger partial charge in [0, 0.05) is 10.5 Å². The molecule has 0 heterocycles. The van der Waals surface area contributed by atoms with Gasteiger partial charge in [0.2, 0.25) is 0 Å². The van der Waals surface area contributed by atoms with Gasteiger partial charge in [-0.1, -0.05) is 60.7 Å². The Labute approximate surface area is 169 Å². The van der Waals surface area contributed by atoms with Gasteiger partial charge in [-0.3, -0.25) is 9.59 Å². The predicted molar refractivity (Wildman–Crippen MR) is 114 cm³/mol. The number of hydrogen-bond donors (Lipinski definition) is 0. The third-order valence-electron chi connectivity index (χ3n) is 4.51. The summed E-state index contributed by atoms with van der Waals surface area (Å²) in [4.78, 5) is 25.2. The zero-order chi connectivity index (χ0) is 19.9. The van der Waals surface area contributed by atoms with Crippen LogP contribution in [-0.4, -0.2) is 24.1 Å². The van der Waals surface area contributed by atoms with Crippen LogP contribution in [-0.2, 0) is 9.53 Å². The molecule has 28 heavy (non-hydrogen) atoms. The van der Waals surface area contributed by atoms with Gasteiger partial charge >= 0.3 is 5.97 Å². The summed E-state index contributed by atoms with van der Waals surface area (Å²) in [6, 6.07) is 23.4. The van der Waals surface area contributed by atoms with Crippen molar-refractivity contribution in [3.8, 4) is 11.1 Å². The second kappa shape index (κ2) is 9.38. The number of carbonyl (C=O) groups is 2. The number of aryl methyl sites for hydroxylation is 2. The van der Waals surface area contributed by atoms with Crippen LogP contribution in [0.15, 0.2) is 77.7 Å². The zero-order valence-electron chi connectivity index (χ0n) is 16.0. The summed E-state index contributed by atoms with van der Waals surface area (Å²) < 4.78 is 5.14. The highest BCUT2D eigenvalue weighted by Crippen LogP contribution is 2.21. The monoisotopic (exact) mass is 390 g/mol. The quantitative estimate of drug-likeness (QED) is 0.304. The molecule has 0 aliphatic rings. The molecule has 0 radical (unpaired) electrons. The van der Waals surface area contributed by atoms with Crippen molar-refractivity contribution in [2.24, 2.45) is 0 Å². The predicted octanol–water partition coefficient (Wildman–Crippen LogP) is 5.49. The first kappa shape index (κ1) is 19.9. The van der Waals surface area contributed by atoms with Gasteiger partial charge in [-0.15, -0.1) is 11.8 Å². The Morgan fingerprint density at radius 2 is 1.50 bits per heavy atom. The molecule has 0 aliphatic carbocycles. The van der Waals surface area contributed by atoms with Crippen molar-refractivity contribution < 1.29 is 14.3 Å². The number of esters is 1. The zero-order valence-corrected chi connectivity index (χ0v) is 16.8. The maximum absolute atomic E-state index is 12.3. The van der Waals surface area contributed by atoms with E-state index in [2.05, 4.69) is 6.92 Å². The fraction of sp³-hybridized carbons (Fsp3) is 0.167. The van der Waals surface area contributed by atoms with Crippen LogP contribution in [0.1, 0.15) is 21.5 Å². The van der Waals surface area contributed by atoms with Crippen LogP contribution in [0, 0.1) is 13.8 Å². The molecule has 0 spiro atoms. The maximum atomic E-state index is 12.3. The van der Waals surface area contributed by atoms with E-state index in [0.717, 1.165) is 16.0 Å². The van der Waals surface area contributed by atoms with E-state index >= 15 is 0 Å². The number of ketones is 1. The first-order valence-corrected chi connectivity index (χ1v) is 10.1. The van der Waals surface area contributed by atoms with Crippen LogP contribution in [0.3, 0.4) is 0 Å². The molecule has 3 aromatic carbocycles. The van der Waals surface area contributed by atoms with E-state index < -0.39 is 5.97 Å². The van der Waals surface area contributed by atoms with Crippen molar-refractivity contribution in [2.75, 3.05) is 12.4 Å². The number of benzene rings is 3. The molecule has 0 N–H and O–H groups in total. The van der Waals surface area contributed by atoms with Crippen molar-refractivity contribution in [1.29, 1.82) is 0 Å². The Kier molecular flexibility index (Phi) is 6.66. The van der Waals surface area contributed by atoms with Crippen LogP contribution in [0.2, 0.25) is 0 Å². The van der Waals surface area contributed by atoms with Crippen LogP contribution in [0.5, 0.6) is 0 Å². The highest BCUT2D eigenvalue weighted by molar-refractivity contribution is 8.00. The number of Topliss-reactive ketones (excluding diaryl/α,β-unsaturated/α-hetero) is 1. The molecule has 4 heteroatoms. The van der Waals surface area contributed by atoms with Gasteiger partial charge in [0.1, 0.15) is 0 Å². The molecule has 142 valence electrons. The molecule has 0 aromatic heterocycles. The molecular formula is C24H22O3S. The molecule has 3 nitrogen and oxygen atoms in total. The lowest BCUT2D eigenvalue weighted by Gasteiger charge is -2.07. The van der Waals surface area contributed by atoms with Crippen LogP contribution in [0.4, 0.5) is 0 Å². The molecule has 0 fully saturated rings. The average molecular weight is 391 g/mol. The van der Waals surface area contributed by atoms with Crippen LogP contribution >= 0.6 is 11.8 Å². The molecule has 0 amide bonds. The Morgan fingerprint density at radius 1 is 0.821 bits per heavy atom. The van der Waals surface area contributed by atoms with Gasteiger partial charge in [-0.05, 0) is 48.2 Å². The van der Waals surface area contributed by atoms with Gasteiger partial charge in [-0.25, -0.2) is 0 Å². The van der Waals surface area contributed by atoms with E-state index in [4.69, 9.17) is 4.74 Å². The highest BCUT2D eigenvalue weighted by atomic mass is 32.2. The van der Waals surface area contributed by atoms with E-state index in [1.165, 1.54) is 22.9 Å². The van der Waals surface area contributed by atoms with Crippen molar-refractivity contribution in [1.82, 2.24) is 0 Å². The minimum absolute atomic E-state index is 0.183. The topological polar surface area (TPSA) is 43.4 Å². The van der Waals surface area contributed by atoms with Crippen LogP contribution in [0.25, 0.3) is 11.1 Å². The van der Waals surface area contributed by atoms with E-state index in [0.29, 0.717) is 5.56 Å². The second-order valence-corrected chi connectivity index (χ2v) is 7.61. The van der Waals surface area contributed by atoms with Crippen molar-refractivity contribution in [3.63, 3.8) is 0 Å². The summed E-state index contributed by atoms with van der Waals surface area (Å²) in [5.74, 6) is -0.412. The standard InChI is InChI=1S/C24H22O3S/c1-17-8-13-22(14-18(17)2)28-16-24(26)27-15-23(25)21-11-9-20(10-12-21)19-6-4-3-5-7-19/h3-14H,15-16H2,1-2H3. The fourth-order valence-corrected chi connectivity index (χ4v) is 3.49. The van der Waals surface area contributed by atoms with Gasteiger partial charge in [0.25, 0.3) is 0 Å². The Bertz CT molecular complexity index is 963. The molecule has 3 rings (SSSR count). The van der Waals surface area contributed by atoms with E-state index in [-0.39, 0.29) is 18.1 Å². The number of carbonyl (C=O) groups excluding carboxylic acids is 2. The molecular weight excluding hydrogens is 368 g/mol. The highest BCUT2D eigenvalue weighted by Gasteiger charge is 2.11. The van der Waals surface area contributed by atoms with E-state index in [9.17, 15) is 9.59 Å². The van der Waals surface area contributed by atoms with Crippen molar-refractivity contribution in [3.05, 3.63) is 89.5 Å². The summed E-state index contributed by atoms with van der Waals surface area (Å²) in [6.45, 7) is 3.85. The van der Waals surface area contributed by atoms with Gasteiger partial charge in [-0.2, -0.15) is 0 Å². The third kappa shape index (κ3) is 5.33. The smallest absolute Gasteiger partial charge is 0.316 e. The summed E-state index contributed by atoms with van der Waals surface area (Å²) >= 11 is 1.41. The molecule has 0 bridgehead atoms. The van der Waals surface area contributed by atoms with Crippen molar-refractivity contribution >= 4 is 23.5 Å². The Balaban J connectivity index is 1.49. The number of ether oxygens (including phenoxy) is 1. The first-order chi connectivity index (χ1) is 13.5. The minimum Gasteiger partial charge on any atom is -0.457 e. The molecule has 0 saturated heterocycles. The van der Waals surface area contributed by atoms with Crippen LogP contribution < -0.4 is 0 Å². The molecule has 0 atom stereocenters. The largest absolute Gasteiger partial charge is 0.457 e. The number of thioether (sulfide) groups is 1. The third-order valence-corrected chi connectivity index (χ3v) is 5.48. The van der Waals surface area contributed by atoms with E-state index in [1.54, 1.807) is 12.1 Å². The summed E-state index contributed by atoms with van der Waals surface area (Å²) in [6.07, 6.45) is 0. The fourth-order valence-electron chi connectivity index (χ4n) is 2.70.